The first-order valence-electron chi connectivity index (χ1n) is 7.45. The SMILES string of the molecule is CC(C)CC1CNCCC1(C)Cc1ccc(F)cc1. The van der Waals surface area contributed by atoms with Gasteiger partial charge in [-0.2, -0.15) is 0 Å². The number of benzene rings is 1. The van der Waals surface area contributed by atoms with Gasteiger partial charge in [0.2, 0.25) is 0 Å². The Morgan fingerprint density at radius 2 is 2.00 bits per heavy atom. The van der Waals surface area contributed by atoms with E-state index in [1.807, 2.05) is 12.1 Å². The fourth-order valence-corrected chi connectivity index (χ4v) is 3.34. The lowest BCUT2D eigenvalue weighted by atomic mass is 9.66. The van der Waals surface area contributed by atoms with Crippen molar-refractivity contribution in [3.05, 3.63) is 35.6 Å². The van der Waals surface area contributed by atoms with Crippen LogP contribution in [0.15, 0.2) is 24.3 Å². The van der Waals surface area contributed by atoms with E-state index in [1.54, 1.807) is 12.1 Å². The lowest BCUT2D eigenvalue weighted by Gasteiger charge is -2.43. The molecule has 1 aliphatic rings. The van der Waals surface area contributed by atoms with E-state index in [9.17, 15) is 4.39 Å². The highest BCUT2D eigenvalue weighted by Crippen LogP contribution is 2.40. The van der Waals surface area contributed by atoms with Crippen molar-refractivity contribution in [3.63, 3.8) is 0 Å². The Bertz CT molecular complexity index is 398. The van der Waals surface area contributed by atoms with Crippen LogP contribution in [-0.2, 0) is 6.42 Å². The average Bonchev–Trinajstić information content (AvgIpc) is 2.35. The van der Waals surface area contributed by atoms with Crippen LogP contribution in [0.2, 0.25) is 0 Å². The van der Waals surface area contributed by atoms with Crippen LogP contribution in [0.25, 0.3) is 0 Å². The number of halogens is 1. The van der Waals surface area contributed by atoms with Crippen LogP contribution in [-0.4, -0.2) is 13.1 Å². The third-order valence-corrected chi connectivity index (χ3v) is 4.53. The van der Waals surface area contributed by atoms with Crippen LogP contribution in [0.4, 0.5) is 4.39 Å². The molecule has 1 N–H and O–H groups in total. The molecule has 1 fully saturated rings. The van der Waals surface area contributed by atoms with E-state index < -0.39 is 0 Å². The Morgan fingerprint density at radius 3 is 2.63 bits per heavy atom. The number of piperidine rings is 1. The van der Waals surface area contributed by atoms with E-state index in [0.717, 1.165) is 25.4 Å². The monoisotopic (exact) mass is 263 g/mol. The summed E-state index contributed by atoms with van der Waals surface area (Å²) in [5.41, 5.74) is 1.60. The molecule has 1 saturated heterocycles. The minimum Gasteiger partial charge on any atom is -0.316 e. The highest BCUT2D eigenvalue weighted by molar-refractivity contribution is 5.18. The summed E-state index contributed by atoms with van der Waals surface area (Å²) in [6.07, 6.45) is 3.54. The first kappa shape index (κ1) is 14.5. The number of hydrogen-bond acceptors (Lipinski definition) is 1. The van der Waals surface area contributed by atoms with Gasteiger partial charge < -0.3 is 5.32 Å². The third kappa shape index (κ3) is 3.79. The van der Waals surface area contributed by atoms with E-state index in [4.69, 9.17) is 0 Å². The summed E-state index contributed by atoms with van der Waals surface area (Å²) >= 11 is 0. The van der Waals surface area contributed by atoms with Crippen LogP contribution < -0.4 is 5.32 Å². The van der Waals surface area contributed by atoms with Gasteiger partial charge in [-0.25, -0.2) is 4.39 Å². The molecule has 1 heterocycles. The van der Waals surface area contributed by atoms with Gasteiger partial charge in [-0.15, -0.1) is 0 Å². The van der Waals surface area contributed by atoms with E-state index in [0.29, 0.717) is 11.3 Å². The second kappa shape index (κ2) is 6.04. The predicted octanol–water partition coefficient (Wildman–Crippen LogP) is 4.03. The van der Waals surface area contributed by atoms with Gasteiger partial charge in [0.1, 0.15) is 5.82 Å². The van der Waals surface area contributed by atoms with Gasteiger partial charge in [-0.1, -0.05) is 32.9 Å². The molecule has 1 aliphatic heterocycles. The Hall–Kier alpha value is -0.890. The van der Waals surface area contributed by atoms with Crippen LogP contribution in [0.3, 0.4) is 0 Å². The van der Waals surface area contributed by atoms with Crippen molar-refractivity contribution in [2.45, 2.75) is 40.0 Å². The summed E-state index contributed by atoms with van der Waals surface area (Å²) in [4.78, 5) is 0. The summed E-state index contributed by atoms with van der Waals surface area (Å²) in [7, 11) is 0. The van der Waals surface area contributed by atoms with E-state index in [2.05, 4.69) is 26.1 Å². The molecule has 0 saturated carbocycles. The molecule has 0 spiro atoms. The molecule has 0 radical (unpaired) electrons. The molecule has 2 atom stereocenters. The molecular weight excluding hydrogens is 237 g/mol. The second-order valence-electron chi connectivity index (χ2n) is 6.74. The van der Waals surface area contributed by atoms with Crippen LogP contribution in [0, 0.1) is 23.1 Å². The minimum atomic E-state index is -0.141. The molecule has 0 amide bonds. The zero-order valence-electron chi connectivity index (χ0n) is 12.4. The van der Waals surface area contributed by atoms with Gasteiger partial charge in [0.15, 0.2) is 0 Å². The van der Waals surface area contributed by atoms with Crippen molar-refractivity contribution in [3.8, 4) is 0 Å². The lowest BCUT2D eigenvalue weighted by molar-refractivity contribution is 0.109. The molecule has 19 heavy (non-hydrogen) atoms. The normalized spacial score (nSPS) is 27.7. The zero-order chi connectivity index (χ0) is 13.9. The Labute approximate surface area is 116 Å². The molecular formula is C17H26FN. The van der Waals surface area contributed by atoms with Crippen LogP contribution in [0.1, 0.15) is 39.2 Å². The van der Waals surface area contributed by atoms with Crippen molar-refractivity contribution in [1.82, 2.24) is 5.32 Å². The fourth-order valence-electron chi connectivity index (χ4n) is 3.34. The molecule has 2 heteroatoms. The van der Waals surface area contributed by atoms with Gasteiger partial charge >= 0.3 is 0 Å². The molecule has 1 aromatic rings. The fraction of sp³-hybridized carbons (Fsp3) is 0.647. The number of hydrogen-bond donors (Lipinski definition) is 1. The molecule has 0 aromatic heterocycles. The standard InChI is InChI=1S/C17H26FN/c1-13(2)10-15-12-19-9-8-17(15,3)11-14-4-6-16(18)7-5-14/h4-7,13,15,19H,8-12H2,1-3H3. The van der Waals surface area contributed by atoms with Gasteiger partial charge in [0, 0.05) is 0 Å². The molecule has 2 rings (SSSR count). The van der Waals surface area contributed by atoms with E-state index in [1.165, 1.54) is 18.4 Å². The molecule has 1 aromatic carbocycles. The summed E-state index contributed by atoms with van der Waals surface area (Å²) < 4.78 is 13.0. The second-order valence-corrected chi connectivity index (χ2v) is 6.74. The number of nitrogens with one attached hydrogen (secondary N) is 1. The van der Waals surface area contributed by atoms with Gasteiger partial charge in [-0.3, -0.25) is 0 Å². The Kier molecular flexibility index (Phi) is 4.62. The Morgan fingerprint density at radius 1 is 1.32 bits per heavy atom. The van der Waals surface area contributed by atoms with E-state index in [-0.39, 0.29) is 5.82 Å². The first-order chi connectivity index (χ1) is 8.99. The summed E-state index contributed by atoms with van der Waals surface area (Å²) in [5.74, 6) is 1.31. The van der Waals surface area contributed by atoms with Gasteiger partial charge in [-0.05, 0) is 67.3 Å². The van der Waals surface area contributed by atoms with E-state index >= 15 is 0 Å². The van der Waals surface area contributed by atoms with Crippen molar-refractivity contribution in [2.24, 2.45) is 17.3 Å². The van der Waals surface area contributed by atoms with Crippen molar-refractivity contribution >= 4 is 0 Å². The summed E-state index contributed by atoms with van der Waals surface area (Å²) in [5, 5.41) is 3.53. The molecule has 106 valence electrons. The topological polar surface area (TPSA) is 12.0 Å². The summed E-state index contributed by atoms with van der Waals surface area (Å²) in [6, 6.07) is 7.04. The smallest absolute Gasteiger partial charge is 0.123 e. The maximum absolute atomic E-state index is 13.0. The molecule has 2 unspecified atom stereocenters. The summed E-state index contributed by atoms with van der Waals surface area (Å²) in [6.45, 7) is 9.23. The maximum atomic E-state index is 13.0. The molecule has 1 nitrogen and oxygen atoms in total. The third-order valence-electron chi connectivity index (χ3n) is 4.53. The van der Waals surface area contributed by atoms with Gasteiger partial charge in [0.25, 0.3) is 0 Å². The first-order valence-corrected chi connectivity index (χ1v) is 7.45. The maximum Gasteiger partial charge on any atom is 0.123 e. The quantitative estimate of drug-likeness (QED) is 0.865. The van der Waals surface area contributed by atoms with Crippen molar-refractivity contribution in [2.75, 3.05) is 13.1 Å². The predicted molar refractivity (Wildman–Crippen MR) is 78.6 cm³/mol. The van der Waals surface area contributed by atoms with Crippen molar-refractivity contribution in [1.29, 1.82) is 0 Å². The highest BCUT2D eigenvalue weighted by Gasteiger charge is 2.36. The van der Waals surface area contributed by atoms with Crippen LogP contribution >= 0.6 is 0 Å². The average molecular weight is 263 g/mol. The molecule has 0 bridgehead atoms. The largest absolute Gasteiger partial charge is 0.316 e. The number of rotatable bonds is 4. The van der Waals surface area contributed by atoms with Crippen LogP contribution in [0.5, 0.6) is 0 Å². The van der Waals surface area contributed by atoms with Crippen molar-refractivity contribution < 1.29 is 4.39 Å². The molecule has 0 aliphatic carbocycles. The minimum absolute atomic E-state index is 0.141. The zero-order valence-corrected chi connectivity index (χ0v) is 12.4. The highest BCUT2D eigenvalue weighted by atomic mass is 19.1. The lowest BCUT2D eigenvalue weighted by Crippen LogP contribution is -2.45. The van der Waals surface area contributed by atoms with Gasteiger partial charge in [0.05, 0.1) is 0 Å². The Balaban J connectivity index is 2.11.